The molecule has 2 aromatic rings. The lowest BCUT2D eigenvalue weighted by Crippen LogP contribution is -2.08. The zero-order chi connectivity index (χ0) is 15.4. The lowest BCUT2D eigenvalue weighted by Gasteiger charge is -2.16. The number of carbonyl (C=O) groups is 1. The summed E-state index contributed by atoms with van der Waals surface area (Å²) in [6, 6.07) is 10.1. The molecule has 0 radical (unpaired) electrons. The van der Waals surface area contributed by atoms with Gasteiger partial charge in [-0.1, -0.05) is 13.0 Å². The van der Waals surface area contributed by atoms with Gasteiger partial charge < -0.3 is 10.1 Å². The van der Waals surface area contributed by atoms with E-state index in [9.17, 15) is 4.79 Å². The fourth-order valence-electron chi connectivity index (χ4n) is 2.14. The molecule has 0 aliphatic rings. The monoisotopic (exact) mass is 303 g/mol. The van der Waals surface area contributed by atoms with Crippen LogP contribution in [0.15, 0.2) is 30.3 Å². The van der Waals surface area contributed by atoms with Gasteiger partial charge in [0.2, 0.25) is 0 Å². The van der Waals surface area contributed by atoms with Gasteiger partial charge in [0.25, 0.3) is 0 Å². The first-order chi connectivity index (χ1) is 10.0. The molecule has 0 bridgehead atoms. The molecule has 0 aliphatic heterocycles. The van der Waals surface area contributed by atoms with Gasteiger partial charge >= 0.3 is 5.97 Å². The van der Waals surface area contributed by atoms with Crippen molar-refractivity contribution in [2.24, 2.45) is 0 Å². The highest BCUT2D eigenvalue weighted by Gasteiger charge is 2.12. The van der Waals surface area contributed by atoms with Crippen molar-refractivity contribution in [2.45, 2.75) is 33.2 Å². The molecule has 21 heavy (non-hydrogen) atoms. The molecule has 1 heterocycles. The van der Waals surface area contributed by atoms with Gasteiger partial charge in [0.1, 0.15) is 0 Å². The van der Waals surface area contributed by atoms with Crippen LogP contribution >= 0.6 is 11.3 Å². The van der Waals surface area contributed by atoms with Gasteiger partial charge in [-0.15, -0.1) is 11.3 Å². The molecule has 1 atom stereocenters. The van der Waals surface area contributed by atoms with Gasteiger partial charge in [0, 0.05) is 15.4 Å². The maximum absolute atomic E-state index is 11.6. The molecule has 4 heteroatoms. The highest BCUT2D eigenvalue weighted by atomic mass is 32.1. The third-order valence-electron chi connectivity index (χ3n) is 3.49. The van der Waals surface area contributed by atoms with Gasteiger partial charge in [0.15, 0.2) is 0 Å². The lowest BCUT2D eigenvalue weighted by molar-refractivity contribution is 0.0601. The van der Waals surface area contributed by atoms with Crippen molar-refractivity contribution in [3.05, 3.63) is 51.2 Å². The van der Waals surface area contributed by atoms with Gasteiger partial charge in [-0.25, -0.2) is 4.79 Å². The lowest BCUT2D eigenvalue weighted by atomic mass is 10.1. The highest BCUT2D eigenvalue weighted by molar-refractivity contribution is 7.12. The number of thiophene rings is 1. The third-order valence-corrected chi connectivity index (χ3v) is 4.90. The molecular formula is C17H21NO2S. The zero-order valence-electron chi connectivity index (χ0n) is 12.9. The van der Waals surface area contributed by atoms with Gasteiger partial charge in [-0.2, -0.15) is 0 Å². The van der Waals surface area contributed by atoms with Gasteiger partial charge in [0.05, 0.1) is 18.7 Å². The smallest absolute Gasteiger partial charge is 0.337 e. The molecule has 1 aromatic heterocycles. The van der Waals surface area contributed by atoms with E-state index in [-0.39, 0.29) is 12.0 Å². The van der Waals surface area contributed by atoms with E-state index < -0.39 is 0 Å². The second kappa shape index (κ2) is 6.76. The molecule has 1 aromatic carbocycles. The standard InChI is InChI=1S/C17H21NO2S/c1-5-14-8-9-16(21-14)12(3)18-15-10-13(17(19)20-4)7-6-11(15)2/h6-10,12,18H,5H2,1-4H3. The highest BCUT2D eigenvalue weighted by Crippen LogP contribution is 2.28. The van der Waals surface area contributed by atoms with Crippen molar-refractivity contribution in [1.29, 1.82) is 0 Å². The largest absolute Gasteiger partial charge is 0.465 e. The maximum Gasteiger partial charge on any atom is 0.337 e. The van der Waals surface area contributed by atoms with Crippen LogP contribution < -0.4 is 5.32 Å². The van der Waals surface area contributed by atoms with Crippen LogP contribution in [0, 0.1) is 6.92 Å². The van der Waals surface area contributed by atoms with E-state index in [1.165, 1.54) is 16.9 Å². The Labute approximate surface area is 130 Å². The molecule has 1 N–H and O–H groups in total. The third kappa shape index (κ3) is 3.64. The van der Waals surface area contributed by atoms with E-state index in [1.54, 1.807) is 6.07 Å². The fraction of sp³-hybridized carbons (Fsp3) is 0.353. The Morgan fingerprint density at radius 2 is 2.10 bits per heavy atom. The molecule has 0 amide bonds. The Kier molecular flexibility index (Phi) is 5.02. The Morgan fingerprint density at radius 3 is 2.71 bits per heavy atom. The summed E-state index contributed by atoms with van der Waals surface area (Å²) in [5.41, 5.74) is 2.65. The van der Waals surface area contributed by atoms with Crippen molar-refractivity contribution in [3.8, 4) is 0 Å². The molecule has 0 aliphatic carbocycles. The average Bonchev–Trinajstić information content (AvgIpc) is 2.97. The van der Waals surface area contributed by atoms with Crippen LogP contribution in [0.5, 0.6) is 0 Å². The first kappa shape index (κ1) is 15.6. The number of rotatable bonds is 5. The second-order valence-electron chi connectivity index (χ2n) is 5.04. The van der Waals surface area contributed by atoms with E-state index in [2.05, 4.69) is 31.3 Å². The topological polar surface area (TPSA) is 38.3 Å². The van der Waals surface area contributed by atoms with Crippen LogP contribution in [0.4, 0.5) is 5.69 Å². The molecule has 0 fully saturated rings. The number of hydrogen-bond donors (Lipinski definition) is 1. The predicted octanol–water partition coefficient (Wildman–Crippen LogP) is 4.58. The minimum atomic E-state index is -0.310. The molecule has 0 spiro atoms. The molecule has 3 nitrogen and oxygen atoms in total. The Bertz CT molecular complexity index is 633. The fourth-order valence-corrected chi connectivity index (χ4v) is 3.10. The summed E-state index contributed by atoms with van der Waals surface area (Å²) in [5.74, 6) is -0.310. The summed E-state index contributed by atoms with van der Waals surface area (Å²) in [6.07, 6.45) is 1.06. The van der Waals surface area contributed by atoms with Crippen LogP contribution in [-0.2, 0) is 11.2 Å². The molecule has 0 saturated heterocycles. The SMILES string of the molecule is CCc1ccc(C(C)Nc2cc(C(=O)OC)ccc2C)s1. The molecular weight excluding hydrogens is 282 g/mol. The number of ether oxygens (including phenoxy) is 1. The Morgan fingerprint density at radius 1 is 1.33 bits per heavy atom. The van der Waals surface area contributed by atoms with Crippen molar-refractivity contribution >= 4 is 23.0 Å². The van der Waals surface area contributed by atoms with E-state index in [1.807, 2.05) is 30.4 Å². The molecule has 1 unspecified atom stereocenters. The van der Waals surface area contributed by atoms with E-state index in [0.29, 0.717) is 5.56 Å². The summed E-state index contributed by atoms with van der Waals surface area (Å²) in [5, 5.41) is 3.49. The summed E-state index contributed by atoms with van der Waals surface area (Å²) < 4.78 is 4.77. The Hall–Kier alpha value is -1.81. The van der Waals surface area contributed by atoms with E-state index in [0.717, 1.165) is 17.7 Å². The number of esters is 1. The first-order valence-electron chi connectivity index (χ1n) is 7.09. The first-order valence-corrected chi connectivity index (χ1v) is 7.91. The van der Waals surface area contributed by atoms with Crippen molar-refractivity contribution in [1.82, 2.24) is 0 Å². The number of methoxy groups -OCH3 is 1. The maximum atomic E-state index is 11.6. The van der Waals surface area contributed by atoms with Crippen molar-refractivity contribution in [3.63, 3.8) is 0 Å². The average molecular weight is 303 g/mol. The Balaban J connectivity index is 2.19. The van der Waals surface area contributed by atoms with Gasteiger partial charge in [-0.05, 0) is 50.1 Å². The number of aryl methyl sites for hydroxylation is 2. The summed E-state index contributed by atoms with van der Waals surface area (Å²) in [7, 11) is 1.40. The number of nitrogens with one attached hydrogen (secondary N) is 1. The van der Waals surface area contributed by atoms with Crippen molar-refractivity contribution < 1.29 is 9.53 Å². The zero-order valence-corrected chi connectivity index (χ0v) is 13.7. The molecule has 2 rings (SSSR count). The molecule has 0 saturated carbocycles. The minimum absolute atomic E-state index is 0.210. The predicted molar refractivity (Wildman–Crippen MR) is 88.3 cm³/mol. The normalized spacial score (nSPS) is 12.0. The number of benzene rings is 1. The summed E-state index contributed by atoms with van der Waals surface area (Å²) in [4.78, 5) is 14.3. The second-order valence-corrected chi connectivity index (χ2v) is 6.24. The van der Waals surface area contributed by atoms with Crippen LogP contribution in [0.25, 0.3) is 0 Å². The molecule has 112 valence electrons. The van der Waals surface area contributed by atoms with Crippen LogP contribution in [-0.4, -0.2) is 13.1 Å². The van der Waals surface area contributed by atoms with Crippen LogP contribution in [0.3, 0.4) is 0 Å². The van der Waals surface area contributed by atoms with E-state index in [4.69, 9.17) is 4.74 Å². The summed E-state index contributed by atoms with van der Waals surface area (Å²) >= 11 is 1.83. The van der Waals surface area contributed by atoms with Crippen LogP contribution in [0.2, 0.25) is 0 Å². The van der Waals surface area contributed by atoms with Crippen molar-refractivity contribution in [2.75, 3.05) is 12.4 Å². The summed E-state index contributed by atoms with van der Waals surface area (Å²) in [6.45, 7) is 6.33. The quantitative estimate of drug-likeness (QED) is 0.822. The number of anilines is 1. The number of hydrogen-bond acceptors (Lipinski definition) is 4. The van der Waals surface area contributed by atoms with E-state index >= 15 is 0 Å². The minimum Gasteiger partial charge on any atom is -0.465 e. The number of carbonyl (C=O) groups excluding carboxylic acids is 1. The van der Waals surface area contributed by atoms with Crippen LogP contribution in [0.1, 0.15) is 45.6 Å². The van der Waals surface area contributed by atoms with Gasteiger partial charge in [-0.3, -0.25) is 0 Å².